The van der Waals surface area contributed by atoms with Crippen LogP contribution in [0.2, 0.25) is 0 Å². The first-order valence-corrected chi connectivity index (χ1v) is 29.2. The van der Waals surface area contributed by atoms with E-state index in [9.17, 15) is 0 Å². The molecule has 0 saturated carbocycles. The van der Waals surface area contributed by atoms with Gasteiger partial charge in [-0.25, -0.2) is 0 Å². The van der Waals surface area contributed by atoms with Gasteiger partial charge in [-0.2, -0.15) is 0 Å². The molecule has 0 saturated heterocycles. The van der Waals surface area contributed by atoms with Crippen molar-refractivity contribution in [1.82, 2.24) is 0 Å². The van der Waals surface area contributed by atoms with Crippen LogP contribution in [0.15, 0.2) is 200 Å². The van der Waals surface area contributed by atoms with Crippen molar-refractivity contribution in [2.75, 3.05) is 9.80 Å². The first-order chi connectivity index (χ1) is 37.6. The molecule has 9 aromatic carbocycles. The summed E-state index contributed by atoms with van der Waals surface area (Å²) in [4.78, 5) is 5.45. The molecule has 1 aliphatic carbocycles. The van der Waals surface area contributed by atoms with E-state index in [0.717, 1.165) is 20.1 Å². The minimum Gasteiger partial charge on any atom is -0.311 e. The number of hydrogen-bond acceptors (Lipinski definition) is 2. The maximum absolute atomic E-state index is 2.79. The van der Waals surface area contributed by atoms with Crippen LogP contribution < -0.4 is 15.3 Å². The Morgan fingerprint density at radius 3 is 1.38 bits per heavy atom. The molecule has 0 N–H and O–H groups in total. The molecular formula is C76H79BN2. The van der Waals surface area contributed by atoms with Crippen LogP contribution in [-0.2, 0) is 27.1 Å². The average Bonchev–Trinajstić information content (AvgIpc) is 3.81. The number of rotatable bonds is 9. The average molecular weight is 1030 g/mol. The van der Waals surface area contributed by atoms with Gasteiger partial charge in [0.1, 0.15) is 0 Å². The van der Waals surface area contributed by atoms with E-state index in [4.69, 9.17) is 0 Å². The van der Waals surface area contributed by atoms with Crippen LogP contribution in [0.5, 0.6) is 0 Å². The van der Waals surface area contributed by atoms with Crippen LogP contribution in [-0.4, -0.2) is 7.28 Å². The molecule has 2 bridgehead atoms. The lowest BCUT2D eigenvalue weighted by Gasteiger charge is -2.44. The van der Waals surface area contributed by atoms with E-state index in [0.29, 0.717) is 0 Å². The lowest BCUT2D eigenvalue weighted by molar-refractivity contribution is 0.331. The van der Waals surface area contributed by atoms with Crippen LogP contribution >= 0.6 is 0 Å². The Labute approximate surface area is 473 Å². The number of anilines is 6. The van der Waals surface area contributed by atoms with Crippen molar-refractivity contribution in [3.8, 4) is 22.3 Å². The summed E-state index contributed by atoms with van der Waals surface area (Å²) < 4.78 is 0. The zero-order valence-corrected chi connectivity index (χ0v) is 49.2. The molecule has 0 amide bonds. The predicted octanol–water partition coefficient (Wildman–Crippen LogP) is 19.9. The maximum atomic E-state index is 2.79. The molecule has 396 valence electrons. The summed E-state index contributed by atoms with van der Waals surface area (Å²) in [6, 6.07) is 77.4. The third-order valence-electron chi connectivity index (χ3n) is 19.0. The maximum Gasteiger partial charge on any atom is 0.176 e. The number of fused-ring (bicyclic) bond motifs is 6. The number of benzene rings is 9. The molecule has 3 aliphatic rings. The summed E-state index contributed by atoms with van der Waals surface area (Å²) in [6.45, 7) is 31.4. The minimum absolute atomic E-state index is 0.00931. The second-order valence-electron chi connectivity index (χ2n) is 27.0. The summed E-state index contributed by atoms with van der Waals surface area (Å²) in [5.74, 6) is 0.272. The smallest absolute Gasteiger partial charge is 0.176 e. The molecule has 1 unspecified atom stereocenters. The SMILES string of the molecule is CC(C)c1cc2c3c(c1)N(c1c(-c4ccccc4)cc(C(C)(C)C)cc1-c1ccccc1)c1cc4c(cc1C(B3)c1cc(C(C)(C)c3ccccc3)ccc1N2c1ccc(C(C)(C)c2ccccc2)cc1)C(C)(C)CCC4(C)C. The van der Waals surface area contributed by atoms with Gasteiger partial charge in [0.15, 0.2) is 7.28 Å². The van der Waals surface area contributed by atoms with Gasteiger partial charge >= 0.3 is 0 Å². The van der Waals surface area contributed by atoms with Crippen LogP contribution in [0.1, 0.15) is 170 Å². The second kappa shape index (κ2) is 19.2. The normalized spacial score (nSPS) is 16.3. The van der Waals surface area contributed by atoms with E-state index >= 15 is 0 Å². The Morgan fingerprint density at radius 2 is 0.873 bits per heavy atom. The highest BCUT2D eigenvalue weighted by molar-refractivity contribution is 6.61. The zero-order chi connectivity index (χ0) is 55.4. The number of nitrogens with zero attached hydrogens (tertiary/aromatic N) is 2. The first kappa shape index (κ1) is 52.3. The lowest BCUT2D eigenvalue weighted by Crippen LogP contribution is -2.34. The van der Waals surface area contributed by atoms with Gasteiger partial charge in [0.05, 0.1) is 5.69 Å². The molecule has 0 fully saturated rings. The van der Waals surface area contributed by atoms with Crippen molar-refractivity contribution < 1.29 is 0 Å². The van der Waals surface area contributed by atoms with Crippen LogP contribution in [0, 0.1) is 0 Å². The summed E-state index contributed by atoms with van der Waals surface area (Å²) in [5.41, 5.74) is 26.8. The van der Waals surface area contributed by atoms with Crippen molar-refractivity contribution in [2.24, 2.45) is 0 Å². The Kier molecular flexibility index (Phi) is 12.7. The fraction of sp³-hybridized carbons (Fsp3) is 0.289. The van der Waals surface area contributed by atoms with Crippen molar-refractivity contribution in [3.05, 3.63) is 256 Å². The third kappa shape index (κ3) is 8.97. The Balaban J connectivity index is 1.25. The highest BCUT2D eigenvalue weighted by atomic mass is 15.2. The van der Waals surface area contributed by atoms with Crippen molar-refractivity contribution in [1.29, 1.82) is 0 Å². The Hall–Kier alpha value is -7.36. The molecule has 9 aromatic rings. The first-order valence-electron chi connectivity index (χ1n) is 29.2. The van der Waals surface area contributed by atoms with Crippen LogP contribution in [0.3, 0.4) is 0 Å². The van der Waals surface area contributed by atoms with Gasteiger partial charge in [-0.15, -0.1) is 0 Å². The van der Waals surface area contributed by atoms with E-state index in [2.05, 4.69) is 300 Å². The van der Waals surface area contributed by atoms with E-state index in [1.165, 1.54) is 117 Å². The summed E-state index contributed by atoms with van der Waals surface area (Å²) in [7, 11) is 0.842. The lowest BCUT2D eigenvalue weighted by atomic mass is 9.53. The highest BCUT2D eigenvalue weighted by Crippen LogP contribution is 2.58. The van der Waals surface area contributed by atoms with Gasteiger partial charge < -0.3 is 9.80 Å². The largest absolute Gasteiger partial charge is 0.311 e. The molecule has 2 nitrogen and oxygen atoms in total. The molecule has 0 aromatic heterocycles. The highest BCUT2D eigenvalue weighted by Gasteiger charge is 2.44. The van der Waals surface area contributed by atoms with Crippen LogP contribution in [0.4, 0.5) is 34.1 Å². The van der Waals surface area contributed by atoms with E-state index in [1.54, 1.807) is 0 Å². The Morgan fingerprint density at radius 1 is 0.430 bits per heavy atom. The van der Waals surface area contributed by atoms with Gasteiger partial charge in [0.25, 0.3) is 0 Å². The van der Waals surface area contributed by atoms with Gasteiger partial charge in [-0.05, 0) is 162 Å². The minimum atomic E-state index is -0.258. The summed E-state index contributed by atoms with van der Waals surface area (Å²) in [6.07, 6.45) is 2.28. The summed E-state index contributed by atoms with van der Waals surface area (Å²) >= 11 is 0. The van der Waals surface area contributed by atoms with Crippen LogP contribution in [0.25, 0.3) is 22.3 Å². The van der Waals surface area contributed by atoms with Crippen molar-refractivity contribution in [2.45, 2.75) is 142 Å². The second-order valence-corrected chi connectivity index (χ2v) is 27.0. The topological polar surface area (TPSA) is 6.48 Å². The molecule has 12 rings (SSSR count). The number of hydrogen-bond donors (Lipinski definition) is 0. The zero-order valence-electron chi connectivity index (χ0n) is 49.2. The fourth-order valence-corrected chi connectivity index (χ4v) is 13.5. The monoisotopic (exact) mass is 1030 g/mol. The van der Waals surface area contributed by atoms with E-state index in [-0.39, 0.29) is 38.8 Å². The Bertz CT molecular complexity index is 3690. The third-order valence-corrected chi connectivity index (χ3v) is 19.0. The fourth-order valence-electron chi connectivity index (χ4n) is 13.5. The standard InChI is InChI=1S/C76H79BN2/c1-49(2)52-42-67-70-68(43-52)79(71-59(50-26-18-14-19-27-50)45-57(72(3,4)5)46-60(71)51-28-20-15-21-29-51)66-48-64-63(73(6,7)40-41-74(64,8)9)47-62(66)69(77-70)61-44-56(76(12,13)54-32-24-17-25-33-54)36-39-65(61)78(67)58-37-34-55(35-38-58)75(10,11)53-30-22-16-23-31-53/h14-39,42-49,69,77H,40-41H2,1-13H3. The molecule has 79 heavy (non-hydrogen) atoms. The van der Waals surface area contributed by atoms with E-state index < -0.39 is 0 Å². The molecule has 0 radical (unpaired) electrons. The van der Waals surface area contributed by atoms with Gasteiger partial charge in [0, 0.05) is 50.4 Å². The molecular weight excluding hydrogens is 952 g/mol. The van der Waals surface area contributed by atoms with Crippen molar-refractivity contribution in [3.63, 3.8) is 0 Å². The van der Waals surface area contributed by atoms with Gasteiger partial charge in [0.2, 0.25) is 0 Å². The molecule has 3 heteroatoms. The van der Waals surface area contributed by atoms with Gasteiger partial charge in [-0.1, -0.05) is 242 Å². The molecule has 2 heterocycles. The van der Waals surface area contributed by atoms with Gasteiger partial charge in [-0.3, -0.25) is 0 Å². The quantitative estimate of drug-likeness (QED) is 0.133. The molecule has 2 aliphatic heterocycles. The molecule has 0 spiro atoms. The predicted molar refractivity (Wildman–Crippen MR) is 341 cm³/mol. The summed E-state index contributed by atoms with van der Waals surface area (Å²) in [5, 5.41) is 0. The van der Waals surface area contributed by atoms with E-state index in [1.807, 2.05) is 0 Å². The van der Waals surface area contributed by atoms with Crippen molar-refractivity contribution >= 4 is 46.9 Å². The molecule has 1 atom stereocenters.